The summed E-state index contributed by atoms with van der Waals surface area (Å²) in [6.45, 7) is 5.51. The quantitative estimate of drug-likeness (QED) is 0.540. The van der Waals surface area contributed by atoms with Gasteiger partial charge in [-0.05, 0) is 32.9 Å². The zero-order chi connectivity index (χ0) is 18.4. The van der Waals surface area contributed by atoms with Crippen molar-refractivity contribution in [1.29, 1.82) is 0 Å². The number of pyridine rings is 1. The summed E-state index contributed by atoms with van der Waals surface area (Å²) in [4.78, 5) is 22.3. The maximum Gasteiger partial charge on any atom is 0.280 e. The molecule has 0 aliphatic rings. The Kier molecular flexibility index (Phi) is 3.84. The summed E-state index contributed by atoms with van der Waals surface area (Å²) in [5, 5.41) is 6.42. The van der Waals surface area contributed by atoms with Crippen LogP contribution < -0.4 is 4.80 Å². The topological polar surface area (TPSA) is 86.4 Å². The Bertz CT molecular complexity index is 1210. The van der Waals surface area contributed by atoms with Crippen molar-refractivity contribution < 1.29 is 13.7 Å². The van der Waals surface area contributed by atoms with Crippen LogP contribution in [0, 0.1) is 20.8 Å². The number of nitrogens with zero attached hydrogens (tertiary/aromatic N) is 4. The molecule has 4 heterocycles. The SMILES string of the molecule is Cc1cc(-c2cc(C(=O)N=c3sccn3C)c3c(C)noc3n2)c(C)o1. The average Bonchev–Trinajstić information content (AvgIpc) is 3.27. The molecule has 0 aliphatic heterocycles. The van der Waals surface area contributed by atoms with E-state index in [0.717, 1.165) is 17.1 Å². The molecule has 0 unspecified atom stereocenters. The van der Waals surface area contributed by atoms with Gasteiger partial charge in [0.15, 0.2) is 4.80 Å². The second-order valence-corrected chi connectivity index (χ2v) is 6.92. The van der Waals surface area contributed by atoms with E-state index in [4.69, 9.17) is 8.94 Å². The Morgan fingerprint density at radius 3 is 2.73 bits per heavy atom. The number of amides is 1. The molecule has 0 saturated carbocycles. The van der Waals surface area contributed by atoms with Crippen LogP contribution in [0.1, 0.15) is 27.6 Å². The molecule has 0 atom stereocenters. The number of furan rings is 1. The maximum atomic E-state index is 12.9. The van der Waals surface area contributed by atoms with E-state index in [1.165, 1.54) is 11.3 Å². The molecule has 4 aromatic rings. The minimum atomic E-state index is -0.360. The third kappa shape index (κ3) is 2.68. The highest BCUT2D eigenvalue weighted by molar-refractivity contribution is 7.07. The van der Waals surface area contributed by atoms with Gasteiger partial charge in [-0.1, -0.05) is 5.16 Å². The van der Waals surface area contributed by atoms with Gasteiger partial charge in [-0.25, -0.2) is 4.98 Å². The smallest absolute Gasteiger partial charge is 0.280 e. The Hall–Kier alpha value is -3.00. The molecule has 0 fully saturated rings. The molecule has 0 bridgehead atoms. The first-order valence-electron chi connectivity index (χ1n) is 7.97. The second kappa shape index (κ2) is 6.06. The number of rotatable bonds is 2. The fraction of sp³-hybridized carbons (Fsp3) is 0.222. The first-order chi connectivity index (χ1) is 12.4. The first-order valence-corrected chi connectivity index (χ1v) is 8.85. The van der Waals surface area contributed by atoms with Crippen molar-refractivity contribution in [3.8, 4) is 11.3 Å². The van der Waals surface area contributed by atoms with Gasteiger partial charge >= 0.3 is 0 Å². The largest absolute Gasteiger partial charge is 0.466 e. The number of carbonyl (C=O) groups is 1. The summed E-state index contributed by atoms with van der Waals surface area (Å²) in [5.74, 6) is 1.14. The number of fused-ring (bicyclic) bond motifs is 1. The Balaban J connectivity index is 1.95. The molecule has 0 saturated heterocycles. The van der Waals surface area contributed by atoms with Gasteiger partial charge in [0, 0.05) is 24.2 Å². The highest BCUT2D eigenvalue weighted by Crippen LogP contribution is 2.30. The van der Waals surface area contributed by atoms with Gasteiger partial charge in [0.1, 0.15) is 11.5 Å². The molecule has 0 aromatic carbocycles. The molecule has 7 nitrogen and oxygen atoms in total. The van der Waals surface area contributed by atoms with Crippen molar-refractivity contribution in [3.63, 3.8) is 0 Å². The van der Waals surface area contributed by atoms with E-state index >= 15 is 0 Å². The number of hydrogen-bond acceptors (Lipinski definition) is 6. The van der Waals surface area contributed by atoms with Crippen molar-refractivity contribution in [3.05, 3.63) is 51.3 Å². The Morgan fingerprint density at radius 1 is 1.27 bits per heavy atom. The normalized spacial score (nSPS) is 12.2. The zero-order valence-electron chi connectivity index (χ0n) is 14.7. The van der Waals surface area contributed by atoms with E-state index in [0.29, 0.717) is 32.9 Å². The predicted octanol–water partition coefficient (Wildman–Crippen LogP) is 3.55. The van der Waals surface area contributed by atoms with Crippen LogP contribution in [0.4, 0.5) is 0 Å². The van der Waals surface area contributed by atoms with Crippen LogP contribution in [0.5, 0.6) is 0 Å². The third-order valence-corrected chi connectivity index (χ3v) is 4.97. The van der Waals surface area contributed by atoms with Crippen molar-refractivity contribution in [2.24, 2.45) is 12.0 Å². The van der Waals surface area contributed by atoms with Gasteiger partial charge < -0.3 is 13.5 Å². The lowest BCUT2D eigenvalue weighted by Crippen LogP contribution is -2.13. The molecule has 1 amide bonds. The van der Waals surface area contributed by atoms with Gasteiger partial charge in [-0.2, -0.15) is 4.99 Å². The van der Waals surface area contributed by atoms with Crippen molar-refractivity contribution in [2.45, 2.75) is 20.8 Å². The van der Waals surface area contributed by atoms with E-state index in [1.807, 2.05) is 38.5 Å². The molecule has 26 heavy (non-hydrogen) atoms. The second-order valence-electron chi connectivity index (χ2n) is 6.04. The molecule has 8 heteroatoms. The van der Waals surface area contributed by atoms with Gasteiger partial charge in [-0.15, -0.1) is 11.3 Å². The van der Waals surface area contributed by atoms with Crippen LogP contribution in [0.15, 0.2) is 37.6 Å². The molecule has 0 N–H and O–H groups in total. The van der Waals surface area contributed by atoms with E-state index < -0.39 is 0 Å². The van der Waals surface area contributed by atoms with Crippen molar-refractivity contribution in [2.75, 3.05) is 0 Å². The maximum absolute atomic E-state index is 12.9. The lowest BCUT2D eigenvalue weighted by Gasteiger charge is -2.03. The molecule has 4 rings (SSSR count). The first kappa shape index (κ1) is 16.5. The van der Waals surface area contributed by atoms with E-state index in [1.54, 1.807) is 17.6 Å². The van der Waals surface area contributed by atoms with Gasteiger partial charge in [0.2, 0.25) is 0 Å². The van der Waals surface area contributed by atoms with E-state index in [9.17, 15) is 4.79 Å². The lowest BCUT2D eigenvalue weighted by molar-refractivity contribution is 0.0999. The highest BCUT2D eigenvalue weighted by Gasteiger charge is 2.20. The number of thiazole rings is 1. The number of hydrogen-bond donors (Lipinski definition) is 0. The number of aryl methyl sites for hydroxylation is 4. The van der Waals surface area contributed by atoms with E-state index in [2.05, 4.69) is 15.1 Å². The van der Waals surface area contributed by atoms with Gasteiger partial charge in [-0.3, -0.25) is 4.79 Å². The summed E-state index contributed by atoms with van der Waals surface area (Å²) in [6, 6.07) is 3.61. The Labute approximate surface area is 152 Å². The fourth-order valence-electron chi connectivity index (χ4n) is 2.87. The minimum Gasteiger partial charge on any atom is -0.466 e. The lowest BCUT2D eigenvalue weighted by atomic mass is 10.1. The highest BCUT2D eigenvalue weighted by atomic mass is 32.1. The van der Waals surface area contributed by atoms with Gasteiger partial charge in [0.05, 0.1) is 22.3 Å². The Morgan fingerprint density at radius 2 is 2.08 bits per heavy atom. The van der Waals surface area contributed by atoms with Crippen LogP contribution in [0.2, 0.25) is 0 Å². The summed E-state index contributed by atoms with van der Waals surface area (Å²) in [7, 11) is 1.85. The van der Waals surface area contributed by atoms with Crippen molar-refractivity contribution in [1.82, 2.24) is 14.7 Å². The summed E-state index contributed by atoms with van der Waals surface area (Å²) < 4.78 is 12.7. The number of aromatic nitrogens is 3. The molecule has 0 radical (unpaired) electrons. The molecule has 4 aromatic heterocycles. The van der Waals surface area contributed by atoms with Gasteiger partial charge in [0.25, 0.3) is 11.6 Å². The average molecular weight is 368 g/mol. The summed E-state index contributed by atoms with van der Waals surface area (Å²) >= 11 is 1.40. The van der Waals surface area contributed by atoms with Crippen LogP contribution in [0.25, 0.3) is 22.4 Å². The van der Waals surface area contributed by atoms with Crippen LogP contribution in [-0.4, -0.2) is 20.6 Å². The monoisotopic (exact) mass is 368 g/mol. The van der Waals surface area contributed by atoms with Crippen LogP contribution >= 0.6 is 11.3 Å². The number of carbonyl (C=O) groups excluding carboxylic acids is 1. The molecular weight excluding hydrogens is 352 g/mol. The third-order valence-electron chi connectivity index (χ3n) is 4.12. The zero-order valence-corrected chi connectivity index (χ0v) is 15.5. The standard InChI is InChI=1S/C18H16N4O3S/c1-9-7-12(11(3)24-9)14-8-13(15-10(2)21-25-17(15)19-14)16(23)20-18-22(4)5-6-26-18/h5-8H,1-4H3. The summed E-state index contributed by atoms with van der Waals surface area (Å²) in [6.07, 6.45) is 1.85. The molecule has 0 aliphatic carbocycles. The van der Waals surface area contributed by atoms with Crippen LogP contribution in [-0.2, 0) is 7.05 Å². The fourth-order valence-corrected chi connectivity index (χ4v) is 3.60. The van der Waals surface area contributed by atoms with Crippen LogP contribution in [0.3, 0.4) is 0 Å². The summed E-state index contributed by atoms with van der Waals surface area (Å²) in [5.41, 5.74) is 2.74. The molecular formula is C18H16N4O3S. The minimum absolute atomic E-state index is 0.312. The van der Waals surface area contributed by atoms with E-state index in [-0.39, 0.29) is 5.91 Å². The predicted molar refractivity (Wildman–Crippen MR) is 96.9 cm³/mol. The molecule has 132 valence electrons. The molecule has 0 spiro atoms. The van der Waals surface area contributed by atoms with Crippen molar-refractivity contribution >= 4 is 28.3 Å².